The van der Waals surface area contributed by atoms with Crippen molar-refractivity contribution < 1.29 is 9.53 Å². The van der Waals surface area contributed by atoms with Crippen molar-refractivity contribution in [1.82, 2.24) is 14.8 Å². The highest BCUT2D eigenvalue weighted by molar-refractivity contribution is 5.67. The summed E-state index contributed by atoms with van der Waals surface area (Å²) in [6.45, 7) is 3.82. The zero-order chi connectivity index (χ0) is 17.4. The van der Waals surface area contributed by atoms with Gasteiger partial charge in [-0.3, -0.25) is 4.79 Å². The molecule has 0 atom stereocenters. The summed E-state index contributed by atoms with van der Waals surface area (Å²) < 4.78 is 4.85. The van der Waals surface area contributed by atoms with Crippen molar-refractivity contribution >= 4 is 6.09 Å². The van der Waals surface area contributed by atoms with E-state index in [0.717, 1.165) is 51.0 Å². The van der Waals surface area contributed by atoms with Gasteiger partial charge in [-0.05, 0) is 62.6 Å². The summed E-state index contributed by atoms with van der Waals surface area (Å²) in [4.78, 5) is 30.9. The van der Waals surface area contributed by atoms with Gasteiger partial charge in [0.05, 0.1) is 7.11 Å². The summed E-state index contributed by atoms with van der Waals surface area (Å²) in [5.74, 6) is 0.386. The van der Waals surface area contributed by atoms with Crippen LogP contribution in [-0.4, -0.2) is 60.2 Å². The molecule has 136 valence electrons. The maximum absolute atomic E-state index is 12.0. The van der Waals surface area contributed by atoms with E-state index in [1.54, 1.807) is 6.20 Å². The Morgan fingerprint density at radius 3 is 2.72 bits per heavy atom. The Morgan fingerprint density at radius 2 is 2.04 bits per heavy atom. The standard InChI is InChI=1S/C19H27N3O3/c1-25-18(24)22-10-6-19(13-22)11-15(12-19)21-8-4-14(5-9-21)16-3-2-7-20-17(16)23/h2-3,7,14-15H,4-6,8-13H2,1H3,(H,20,23). The van der Waals surface area contributed by atoms with Crippen LogP contribution in [0.1, 0.15) is 43.6 Å². The summed E-state index contributed by atoms with van der Waals surface area (Å²) >= 11 is 0. The minimum atomic E-state index is -0.186. The highest BCUT2D eigenvalue weighted by Gasteiger charge is 2.51. The molecule has 0 radical (unpaired) electrons. The van der Waals surface area contributed by atoms with E-state index in [1.165, 1.54) is 20.0 Å². The highest BCUT2D eigenvalue weighted by atomic mass is 16.5. The van der Waals surface area contributed by atoms with E-state index < -0.39 is 0 Å². The van der Waals surface area contributed by atoms with Crippen LogP contribution in [0.2, 0.25) is 0 Å². The molecule has 0 bridgehead atoms. The maximum atomic E-state index is 12.0. The Labute approximate surface area is 148 Å². The van der Waals surface area contributed by atoms with Crippen molar-refractivity contribution in [3.05, 3.63) is 34.2 Å². The smallest absolute Gasteiger partial charge is 0.409 e. The number of pyridine rings is 1. The molecule has 6 nitrogen and oxygen atoms in total. The molecule has 1 amide bonds. The molecule has 1 saturated carbocycles. The lowest BCUT2D eigenvalue weighted by Gasteiger charge is -2.51. The number of hydrogen-bond donors (Lipinski definition) is 1. The van der Waals surface area contributed by atoms with E-state index in [0.29, 0.717) is 17.4 Å². The van der Waals surface area contributed by atoms with Crippen LogP contribution < -0.4 is 5.56 Å². The number of piperidine rings is 1. The van der Waals surface area contributed by atoms with Gasteiger partial charge < -0.3 is 19.5 Å². The molecule has 1 aromatic rings. The number of aromatic amines is 1. The third kappa shape index (κ3) is 3.08. The van der Waals surface area contributed by atoms with Gasteiger partial charge in [0.2, 0.25) is 0 Å². The first-order valence-electron chi connectivity index (χ1n) is 9.35. The number of carbonyl (C=O) groups excluding carboxylic acids is 1. The number of amides is 1. The molecule has 0 aromatic carbocycles. The number of rotatable bonds is 2. The third-order valence-electron chi connectivity index (χ3n) is 6.54. The van der Waals surface area contributed by atoms with E-state index >= 15 is 0 Å². The second kappa shape index (κ2) is 6.48. The highest BCUT2D eigenvalue weighted by Crippen LogP contribution is 2.50. The van der Waals surface area contributed by atoms with Crippen molar-refractivity contribution in [3.8, 4) is 0 Å². The zero-order valence-electron chi connectivity index (χ0n) is 14.9. The van der Waals surface area contributed by atoms with Crippen LogP contribution in [0.15, 0.2) is 23.1 Å². The molecule has 1 aromatic heterocycles. The normalized spacial score (nSPS) is 30.4. The number of nitrogens with one attached hydrogen (secondary N) is 1. The molecule has 3 fully saturated rings. The molecule has 3 aliphatic rings. The van der Waals surface area contributed by atoms with Crippen molar-refractivity contribution in [3.63, 3.8) is 0 Å². The van der Waals surface area contributed by atoms with Gasteiger partial charge in [-0.1, -0.05) is 6.07 Å². The van der Waals surface area contributed by atoms with Gasteiger partial charge in [0.1, 0.15) is 0 Å². The van der Waals surface area contributed by atoms with E-state index in [-0.39, 0.29) is 11.7 Å². The summed E-state index contributed by atoms with van der Waals surface area (Å²) in [5.41, 5.74) is 1.33. The Balaban J connectivity index is 1.29. The van der Waals surface area contributed by atoms with Crippen LogP contribution in [0, 0.1) is 5.41 Å². The molecule has 3 heterocycles. The molecular weight excluding hydrogens is 318 g/mol. The minimum Gasteiger partial charge on any atom is -0.453 e. The first-order valence-corrected chi connectivity index (χ1v) is 9.35. The monoisotopic (exact) mass is 345 g/mol. The van der Waals surface area contributed by atoms with Gasteiger partial charge in [0.25, 0.3) is 5.56 Å². The van der Waals surface area contributed by atoms with E-state index in [1.807, 2.05) is 17.0 Å². The molecule has 0 unspecified atom stereocenters. The fourth-order valence-corrected chi connectivity index (χ4v) is 5.08. The lowest BCUT2D eigenvalue weighted by Crippen LogP contribution is -2.54. The molecule has 1 N–H and O–H groups in total. The average molecular weight is 345 g/mol. The average Bonchev–Trinajstić information content (AvgIpc) is 3.06. The number of methoxy groups -OCH3 is 1. The molecule has 2 aliphatic heterocycles. The Hall–Kier alpha value is -1.82. The number of carbonyl (C=O) groups is 1. The van der Waals surface area contributed by atoms with Gasteiger partial charge in [0.15, 0.2) is 0 Å². The second-order valence-corrected chi connectivity index (χ2v) is 7.97. The van der Waals surface area contributed by atoms with Gasteiger partial charge in [-0.15, -0.1) is 0 Å². The van der Waals surface area contributed by atoms with Crippen LogP contribution in [0.25, 0.3) is 0 Å². The molecule has 1 aliphatic carbocycles. The molecule has 6 heteroatoms. The van der Waals surface area contributed by atoms with Crippen molar-refractivity contribution in [1.29, 1.82) is 0 Å². The van der Waals surface area contributed by atoms with Crippen molar-refractivity contribution in [2.75, 3.05) is 33.3 Å². The molecule has 1 spiro atoms. The summed E-state index contributed by atoms with van der Waals surface area (Å²) in [7, 11) is 1.46. The molecule has 25 heavy (non-hydrogen) atoms. The molecule has 4 rings (SSSR count). The second-order valence-electron chi connectivity index (χ2n) is 7.97. The fraction of sp³-hybridized carbons (Fsp3) is 0.684. The largest absolute Gasteiger partial charge is 0.453 e. The van der Waals surface area contributed by atoms with Crippen molar-refractivity contribution in [2.45, 2.75) is 44.1 Å². The van der Waals surface area contributed by atoms with Gasteiger partial charge in [-0.2, -0.15) is 0 Å². The van der Waals surface area contributed by atoms with Gasteiger partial charge >= 0.3 is 6.09 Å². The first-order chi connectivity index (χ1) is 12.1. The predicted molar refractivity (Wildman–Crippen MR) is 94.7 cm³/mol. The van der Waals surface area contributed by atoms with E-state index in [4.69, 9.17) is 4.74 Å². The topological polar surface area (TPSA) is 65.6 Å². The summed E-state index contributed by atoms with van der Waals surface area (Å²) in [6, 6.07) is 4.54. The lowest BCUT2D eigenvalue weighted by atomic mass is 9.64. The van der Waals surface area contributed by atoms with Gasteiger partial charge in [0, 0.05) is 30.9 Å². The first kappa shape index (κ1) is 16.6. The maximum Gasteiger partial charge on any atom is 0.409 e. The summed E-state index contributed by atoms with van der Waals surface area (Å²) in [6.07, 6.45) is 7.13. The quantitative estimate of drug-likeness (QED) is 0.892. The Morgan fingerprint density at radius 1 is 1.28 bits per heavy atom. The van der Waals surface area contributed by atoms with Crippen LogP contribution in [0.3, 0.4) is 0 Å². The van der Waals surface area contributed by atoms with Crippen LogP contribution in [-0.2, 0) is 4.74 Å². The van der Waals surface area contributed by atoms with Gasteiger partial charge in [-0.25, -0.2) is 4.79 Å². The SMILES string of the molecule is COC(=O)N1CCC2(CC(N3CCC(c4ccc[nH]c4=O)CC3)C2)C1. The van der Waals surface area contributed by atoms with Crippen LogP contribution in [0.4, 0.5) is 4.79 Å². The van der Waals surface area contributed by atoms with Crippen LogP contribution in [0.5, 0.6) is 0 Å². The lowest BCUT2D eigenvalue weighted by molar-refractivity contribution is -0.00435. The fourth-order valence-electron chi connectivity index (χ4n) is 5.08. The number of H-pyrrole nitrogens is 1. The number of ether oxygens (including phenoxy) is 1. The van der Waals surface area contributed by atoms with E-state index in [9.17, 15) is 9.59 Å². The number of hydrogen-bond acceptors (Lipinski definition) is 4. The van der Waals surface area contributed by atoms with Crippen molar-refractivity contribution in [2.24, 2.45) is 5.41 Å². The minimum absolute atomic E-state index is 0.0670. The van der Waals surface area contributed by atoms with Crippen LogP contribution >= 0.6 is 0 Å². The number of aromatic nitrogens is 1. The predicted octanol–water partition coefficient (Wildman–Crippen LogP) is 2.18. The summed E-state index contributed by atoms with van der Waals surface area (Å²) in [5, 5.41) is 0. The third-order valence-corrected chi connectivity index (χ3v) is 6.54. The van der Waals surface area contributed by atoms with E-state index in [2.05, 4.69) is 9.88 Å². The molecular formula is C19H27N3O3. The molecule has 2 saturated heterocycles. The zero-order valence-corrected chi connectivity index (χ0v) is 14.9. The number of likely N-dealkylation sites (tertiary alicyclic amines) is 2. The Kier molecular flexibility index (Phi) is 4.31. The Bertz CT molecular complexity index is 687. The number of nitrogens with zero attached hydrogens (tertiary/aromatic N) is 2.